The molecule has 218 valence electrons. The first-order valence-corrected chi connectivity index (χ1v) is 15.6. The molecule has 0 aromatic carbocycles. The van der Waals surface area contributed by atoms with Crippen molar-refractivity contribution in [3.05, 3.63) is 11.8 Å². The number of ether oxygens (including phenoxy) is 2. The lowest BCUT2D eigenvalue weighted by atomic mass is 9.65. The number of carbonyl (C=O) groups excluding carboxylic acids is 2. The smallest absolute Gasteiger partial charge is 0.259 e. The van der Waals surface area contributed by atoms with Crippen molar-refractivity contribution in [3.8, 4) is 0 Å². The third-order valence-corrected chi connectivity index (χ3v) is 10.3. The summed E-state index contributed by atoms with van der Waals surface area (Å²) in [4.78, 5) is 31.5. The molecule has 0 bridgehead atoms. The summed E-state index contributed by atoms with van der Waals surface area (Å²) in [5.74, 6) is 0.355. The zero-order valence-electron chi connectivity index (χ0n) is 23.7. The number of halogens is 1. The molecular formula is C30H47FN4O4. The molecule has 6 aliphatic rings. The van der Waals surface area contributed by atoms with Crippen LogP contribution in [0.1, 0.15) is 65.2 Å². The molecule has 0 spiro atoms. The molecule has 9 heteroatoms. The van der Waals surface area contributed by atoms with E-state index in [1.807, 2.05) is 6.20 Å². The molecule has 9 unspecified atom stereocenters. The van der Waals surface area contributed by atoms with Crippen molar-refractivity contribution in [2.45, 2.75) is 108 Å². The van der Waals surface area contributed by atoms with Gasteiger partial charge in [0.15, 0.2) is 5.78 Å². The Morgan fingerprint density at radius 1 is 1.10 bits per heavy atom. The van der Waals surface area contributed by atoms with Crippen LogP contribution in [0.5, 0.6) is 0 Å². The molecular weight excluding hydrogens is 499 g/mol. The lowest BCUT2D eigenvalue weighted by Gasteiger charge is -2.61. The van der Waals surface area contributed by atoms with Gasteiger partial charge in [0.2, 0.25) is 0 Å². The van der Waals surface area contributed by atoms with E-state index in [0.29, 0.717) is 50.7 Å². The number of ketones is 1. The van der Waals surface area contributed by atoms with E-state index in [1.165, 1.54) is 25.7 Å². The SMILES string of the molecule is CC(C)NCCCNC1C(F)CC2C(=O)C(C(=O)N3CCOCC3)=CN3C4CC5CCCCC5CC4OC1C23. The number of nitrogens with one attached hydrogen (secondary N) is 2. The maximum atomic E-state index is 15.9. The van der Waals surface area contributed by atoms with Gasteiger partial charge in [0.05, 0.1) is 49.1 Å². The van der Waals surface area contributed by atoms with Gasteiger partial charge in [-0.25, -0.2) is 4.39 Å². The van der Waals surface area contributed by atoms with E-state index in [-0.39, 0.29) is 41.9 Å². The van der Waals surface area contributed by atoms with Gasteiger partial charge in [0.25, 0.3) is 5.91 Å². The van der Waals surface area contributed by atoms with Gasteiger partial charge in [0.1, 0.15) is 6.17 Å². The summed E-state index contributed by atoms with van der Waals surface area (Å²) in [5, 5.41) is 6.92. The average Bonchev–Trinajstić information content (AvgIpc) is 2.94. The number of carbonyl (C=O) groups is 2. The molecule has 3 heterocycles. The highest BCUT2D eigenvalue weighted by atomic mass is 19.1. The standard InChI is InChI=1S/C30H47FN4O4/c1-18(2)32-8-5-9-33-26-23(31)16-21-27-29(26)39-25-15-20-7-4-3-6-19(20)14-24(25)35(27)17-22(28(21)36)30(37)34-10-12-38-13-11-34/h17-21,23-27,29,32-33H,3-16H2,1-2H3. The largest absolute Gasteiger partial charge is 0.378 e. The van der Waals surface area contributed by atoms with Gasteiger partial charge in [-0.3, -0.25) is 9.59 Å². The molecule has 2 saturated heterocycles. The Morgan fingerprint density at radius 2 is 1.85 bits per heavy atom. The monoisotopic (exact) mass is 546 g/mol. The van der Waals surface area contributed by atoms with Gasteiger partial charge < -0.3 is 29.9 Å². The van der Waals surface area contributed by atoms with Crippen molar-refractivity contribution in [3.63, 3.8) is 0 Å². The van der Waals surface area contributed by atoms with Crippen LogP contribution in [-0.4, -0.2) is 103 Å². The summed E-state index contributed by atoms with van der Waals surface area (Å²) < 4.78 is 28.2. The van der Waals surface area contributed by atoms with Crippen LogP contribution in [0.2, 0.25) is 0 Å². The summed E-state index contributed by atoms with van der Waals surface area (Å²) in [7, 11) is 0. The lowest BCUT2D eigenvalue weighted by Crippen LogP contribution is -2.73. The Morgan fingerprint density at radius 3 is 2.59 bits per heavy atom. The van der Waals surface area contributed by atoms with Gasteiger partial charge in [-0.15, -0.1) is 0 Å². The van der Waals surface area contributed by atoms with Crippen LogP contribution in [-0.2, 0) is 19.1 Å². The molecule has 5 fully saturated rings. The zero-order valence-corrected chi connectivity index (χ0v) is 23.7. The topological polar surface area (TPSA) is 83.1 Å². The van der Waals surface area contributed by atoms with Crippen molar-refractivity contribution < 1.29 is 23.5 Å². The van der Waals surface area contributed by atoms with E-state index in [2.05, 4.69) is 29.4 Å². The van der Waals surface area contributed by atoms with E-state index < -0.39 is 24.2 Å². The van der Waals surface area contributed by atoms with Crippen molar-refractivity contribution in [2.75, 3.05) is 39.4 Å². The highest BCUT2D eigenvalue weighted by Gasteiger charge is 2.59. The predicted molar refractivity (Wildman–Crippen MR) is 146 cm³/mol. The molecule has 6 rings (SSSR count). The van der Waals surface area contributed by atoms with Gasteiger partial charge in [-0.05, 0) is 50.6 Å². The van der Waals surface area contributed by atoms with E-state index in [9.17, 15) is 9.59 Å². The van der Waals surface area contributed by atoms with Crippen LogP contribution in [0.15, 0.2) is 11.8 Å². The van der Waals surface area contributed by atoms with Crippen LogP contribution in [0.25, 0.3) is 0 Å². The highest BCUT2D eigenvalue weighted by Crippen LogP contribution is 2.50. The number of amides is 1. The number of hydrogen-bond acceptors (Lipinski definition) is 7. The number of fused-ring (bicyclic) bond motifs is 3. The first kappa shape index (κ1) is 27.6. The molecule has 9 atom stereocenters. The second-order valence-electron chi connectivity index (χ2n) is 13.0. The molecule has 1 amide bonds. The third kappa shape index (κ3) is 5.41. The minimum Gasteiger partial charge on any atom is -0.378 e. The Hall–Kier alpha value is -1.55. The average molecular weight is 547 g/mol. The first-order chi connectivity index (χ1) is 18.9. The summed E-state index contributed by atoms with van der Waals surface area (Å²) in [6, 6.07) is -0.111. The Bertz CT molecular complexity index is 940. The van der Waals surface area contributed by atoms with Gasteiger partial charge in [-0.1, -0.05) is 39.5 Å². The second-order valence-corrected chi connectivity index (χ2v) is 13.0. The van der Waals surface area contributed by atoms with Crippen molar-refractivity contribution in [1.29, 1.82) is 0 Å². The second kappa shape index (κ2) is 11.7. The minimum absolute atomic E-state index is 0.00708. The highest BCUT2D eigenvalue weighted by molar-refractivity contribution is 6.20. The molecule has 0 aromatic heterocycles. The lowest BCUT2D eigenvalue weighted by molar-refractivity contribution is -0.208. The van der Waals surface area contributed by atoms with Crippen molar-refractivity contribution in [2.24, 2.45) is 17.8 Å². The fraction of sp³-hybridized carbons (Fsp3) is 0.867. The first-order valence-electron chi connectivity index (χ1n) is 15.6. The zero-order chi connectivity index (χ0) is 27.1. The van der Waals surface area contributed by atoms with Crippen molar-refractivity contribution >= 4 is 11.7 Å². The van der Waals surface area contributed by atoms with Gasteiger partial charge >= 0.3 is 0 Å². The maximum absolute atomic E-state index is 15.9. The Labute approximate surface area is 232 Å². The van der Waals surface area contributed by atoms with Gasteiger partial charge in [0, 0.05) is 31.2 Å². The van der Waals surface area contributed by atoms with Crippen LogP contribution in [0, 0.1) is 17.8 Å². The fourth-order valence-electron chi connectivity index (χ4n) is 8.37. The summed E-state index contributed by atoms with van der Waals surface area (Å²) in [6.07, 6.45) is 8.42. The number of rotatable bonds is 7. The number of hydrogen-bond donors (Lipinski definition) is 2. The number of nitrogens with zero attached hydrogens (tertiary/aromatic N) is 2. The van der Waals surface area contributed by atoms with Crippen LogP contribution in [0.4, 0.5) is 4.39 Å². The molecule has 3 aliphatic carbocycles. The van der Waals surface area contributed by atoms with Crippen LogP contribution < -0.4 is 10.6 Å². The molecule has 0 radical (unpaired) electrons. The fourth-order valence-corrected chi connectivity index (χ4v) is 8.37. The van der Waals surface area contributed by atoms with E-state index in [1.54, 1.807) is 4.90 Å². The predicted octanol–water partition coefficient (Wildman–Crippen LogP) is 2.42. The van der Waals surface area contributed by atoms with Crippen molar-refractivity contribution in [1.82, 2.24) is 20.4 Å². The number of Topliss-reactive ketones (excluding diaryl/α,β-unsaturated/α-hetero) is 1. The molecule has 39 heavy (non-hydrogen) atoms. The molecule has 3 saturated carbocycles. The number of alkyl halides is 1. The Balaban J connectivity index is 1.28. The van der Waals surface area contributed by atoms with Gasteiger partial charge in [-0.2, -0.15) is 0 Å². The quantitative estimate of drug-likeness (QED) is 0.375. The summed E-state index contributed by atoms with van der Waals surface area (Å²) in [6.45, 7) is 7.77. The molecule has 2 N–H and O–H groups in total. The molecule has 8 nitrogen and oxygen atoms in total. The minimum atomic E-state index is -1.19. The normalized spacial score (nSPS) is 40.1. The Kier molecular flexibility index (Phi) is 8.32. The van der Waals surface area contributed by atoms with Crippen LogP contribution in [0.3, 0.4) is 0 Å². The molecule has 3 aliphatic heterocycles. The third-order valence-electron chi connectivity index (χ3n) is 10.3. The summed E-state index contributed by atoms with van der Waals surface area (Å²) in [5.41, 5.74) is 0.238. The van der Waals surface area contributed by atoms with E-state index >= 15 is 4.39 Å². The molecule has 0 aromatic rings. The number of morpholine rings is 2. The van der Waals surface area contributed by atoms with Crippen LogP contribution >= 0.6 is 0 Å². The maximum Gasteiger partial charge on any atom is 0.259 e. The van der Waals surface area contributed by atoms with E-state index in [4.69, 9.17) is 9.47 Å². The van der Waals surface area contributed by atoms with E-state index in [0.717, 1.165) is 25.8 Å². The summed E-state index contributed by atoms with van der Waals surface area (Å²) >= 11 is 0.